The van der Waals surface area contributed by atoms with E-state index in [1.54, 1.807) is 12.1 Å². The van der Waals surface area contributed by atoms with E-state index >= 15 is 0 Å². The summed E-state index contributed by atoms with van der Waals surface area (Å²) < 4.78 is 30.8. The van der Waals surface area contributed by atoms with E-state index in [1.165, 1.54) is 10.6 Å². The Morgan fingerprint density at radius 3 is 2.62 bits per heavy atom. The molecule has 0 radical (unpaired) electrons. The molecular weight excluding hydrogens is 328 g/mol. The number of amides is 1. The lowest BCUT2D eigenvalue weighted by Crippen LogP contribution is -2.34. The molecule has 1 aromatic rings. The highest BCUT2D eigenvalue weighted by molar-refractivity contribution is 7.92. The lowest BCUT2D eigenvalue weighted by molar-refractivity contribution is -0.121. The minimum atomic E-state index is -3.37. The molecule has 1 aromatic carbocycles. The van der Waals surface area contributed by atoms with Crippen molar-refractivity contribution in [1.82, 2.24) is 5.32 Å². The molecule has 1 aliphatic heterocycles. The Balaban J connectivity index is 1.82. The Hall–Kier alpha value is -1.60. The molecule has 134 valence electrons. The molecule has 7 heteroatoms. The normalized spacial score (nSPS) is 17.7. The number of rotatable bonds is 8. The van der Waals surface area contributed by atoms with Crippen LogP contribution in [0.5, 0.6) is 0 Å². The number of sulfonamides is 1. The van der Waals surface area contributed by atoms with Crippen LogP contribution in [0.15, 0.2) is 24.3 Å². The molecule has 0 aliphatic carbocycles. The van der Waals surface area contributed by atoms with Gasteiger partial charge in [0, 0.05) is 26.1 Å². The number of carbonyl (C=O) groups is 1. The van der Waals surface area contributed by atoms with Crippen molar-refractivity contribution < 1.29 is 17.9 Å². The summed E-state index contributed by atoms with van der Waals surface area (Å²) in [4.78, 5) is 11.9. The highest BCUT2D eigenvalue weighted by Crippen LogP contribution is 2.19. The summed E-state index contributed by atoms with van der Waals surface area (Å²) in [5.74, 6) is -0.0668. The predicted molar refractivity (Wildman–Crippen MR) is 94.6 cm³/mol. The van der Waals surface area contributed by atoms with Crippen molar-refractivity contribution in [2.45, 2.75) is 38.7 Å². The highest BCUT2D eigenvalue weighted by Gasteiger charge is 2.18. The van der Waals surface area contributed by atoms with E-state index in [0.717, 1.165) is 25.0 Å². The topological polar surface area (TPSA) is 75.7 Å². The van der Waals surface area contributed by atoms with Crippen molar-refractivity contribution in [1.29, 1.82) is 0 Å². The van der Waals surface area contributed by atoms with E-state index in [9.17, 15) is 13.2 Å². The first kappa shape index (κ1) is 18.7. The molecule has 6 nitrogen and oxygen atoms in total. The monoisotopic (exact) mass is 354 g/mol. The van der Waals surface area contributed by atoms with E-state index in [-0.39, 0.29) is 18.6 Å². The standard InChI is InChI=1S/C17H26N2O4S/c1-14-7-9-15(10-8-14)19(24(2,21)22)11-3-6-17(20)18-13-16-5-4-12-23-16/h7-10,16H,3-6,11-13H2,1-2H3,(H,18,20)/t16-/m0/s1. The third-order valence-electron chi connectivity index (χ3n) is 4.04. The molecule has 1 aliphatic rings. The number of benzene rings is 1. The van der Waals surface area contributed by atoms with Crippen LogP contribution < -0.4 is 9.62 Å². The van der Waals surface area contributed by atoms with Gasteiger partial charge in [0.15, 0.2) is 0 Å². The lowest BCUT2D eigenvalue weighted by atomic mass is 10.2. The Bertz CT molecular complexity index is 637. The first-order valence-corrected chi connectivity index (χ1v) is 10.1. The average Bonchev–Trinajstić information content (AvgIpc) is 3.03. The van der Waals surface area contributed by atoms with E-state index in [1.807, 2.05) is 19.1 Å². The van der Waals surface area contributed by atoms with E-state index in [4.69, 9.17) is 4.74 Å². The third kappa shape index (κ3) is 5.79. The fourth-order valence-corrected chi connectivity index (χ4v) is 3.67. The summed E-state index contributed by atoms with van der Waals surface area (Å²) in [6, 6.07) is 7.32. The van der Waals surface area contributed by atoms with Gasteiger partial charge in [0.2, 0.25) is 15.9 Å². The van der Waals surface area contributed by atoms with Gasteiger partial charge in [0.25, 0.3) is 0 Å². The van der Waals surface area contributed by atoms with Crippen LogP contribution in [0.1, 0.15) is 31.2 Å². The fourth-order valence-electron chi connectivity index (χ4n) is 2.70. The summed E-state index contributed by atoms with van der Waals surface area (Å²) >= 11 is 0. The Morgan fingerprint density at radius 2 is 2.04 bits per heavy atom. The largest absolute Gasteiger partial charge is 0.376 e. The predicted octanol–water partition coefficient (Wildman–Crippen LogP) is 1.84. The van der Waals surface area contributed by atoms with Crippen LogP contribution in [-0.4, -0.2) is 46.4 Å². The van der Waals surface area contributed by atoms with Crippen molar-refractivity contribution in [2.24, 2.45) is 0 Å². The molecule has 0 aromatic heterocycles. The molecule has 0 saturated carbocycles. The number of nitrogens with zero attached hydrogens (tertiary/aromatic N) is 1. The summed E-state index contributed by atoms with van der Waals surface area (Å²) in [5.41, 5.74) is 1.70. The van der Waals surface area contributed by atoms with Gasteiger partial charge in [-0.2, -0.15) is 0 Å². The maximum absolute atomic E-state index is 12.0. The molecule has 1 atom stereocenters. The summed E-state index contributed by atoms with van der Waals surface area (Å²) in [7, 11) is -3.37. The number of anilines is 1. The van der Waals surface area contributed by atoms with E-state index in [2.05, 4.69) is 5.32 Å². The van der Waals surface area contributed by atoms with Gasteiger partial charge in [0.1, 0.15) is 0 Å². The smallest absolute Gasteiger partial charge is 0.232 e. The van der Waals surface area contributed by atoms with E-state index < -0.39 is 10.0 Å². The van der Waals surface area contributed by atoms with Crippen LogP contribution >= 0.6 is 0 Å². The number of ether oxygens (including phenoxy) is 1. The molecule has 1 N–H and O–H groups in total. The van der Waals surface area contributed by atoms with Crippen LogP contribution in [0, 0.1) is 6.92 Å². The highest BCUT2D eigenvalue weighted by atomic mass is 32.2. The first-order chi connectivity index (χ1) is 11.4. The van der Waals surface area contributed by atoms with Gasteiger partial charge >= 0.3 is 0 Å². The van der Waals surface area contributed by atoms with Crippen molar-refractivity contribution >= 4 is 21.6 Å². The molecule has 2 rings (SSSR count). The second-order valence-corrected chi connectivity index (χ2v) is 8.12. The lowest BCUT2D eigenvalue weighted by Gasteiger charge is -2.22. The Labute approximate surface area is 144 Å². The number of hydrogen-bond donors (Lipinski definition) is 1. The number of aryl methyl sites for hydroxylation is 1. The first-order valence-electron chi connectivity index (χ1n) is 8.29. The van der Waals surface area contributed by atoms with Gasteiger partial charge < -0.3 is 10.1 Å². The zero-order chi connectivity index (χ0) is 17.6. The molecule has 0 spiro atoms. The maximum Gasteiger partial charge on any atom is 0.232 e. The maximum atomic E-state index is 12.0. The summed E-state index contributed by atoms with van der Waals surface area (Å²) in [6.45, 7) is 3.54. The van der Waals surface area contributed by atoms with Crippen LogP contribution in [0.2, 0.25) is 0 Å². The zero-order valence-electron chi connectivity index (χ0n) is 14.3. The Morgan fingerprint density at radius 1 is 1.33 bits per heavy atom. The van der Waals surface area contributed by atoms with Crippen molar-refractivity contribution in [3.8, 4) is 0 Å². The average molecular weight is 354 g/mol. The van der Waals surface area contributed by atoms with E-state index in [0.29, 0.717) is 25.1 Å². The summed E-state index contributed by atoms with van der Waals surface area (Å²) in [5, 5.41) is 2.85. The van der Waals surface area contributed by atoms with Gasteiger partial charge in [-0.1, -0.05) is 17.7 Å². The van der Waals surface area contributed by atoms with Crippen LogP contribution in [-0.2, 0) is 19.6 Å². The molecule has 24 heavy (non-hydrogen) atoms. The van der Waals surface area contributed by atoms with Crippen LogP contribution in [0.25, 0.3) is 0 Å². The molecule has 0 unspecified atom stereocenters. The minimum absolute atomic E-state index is 0.0668. The molecular formula is C17H26N2O4S. The number of nitrogens with one attached hydrogen (secondary N) is 1. The molecule has 1 heterocycles. The van der Waals surface area contributed by atoms with Gasteiger partial charge in [-0.25, -0.2) is 8.42 Å². The minimum Gasteiger partial charge on any atom is -0.376 e. The second kappa shape index (κ2) is 8.48. The zero-order valence-corrected chi connectivity index (χ0v) is 15.1. The molecule has 0 bridgehead atoms. The summed E-state index contributed by atoms with van der Waals surface area (Å²) in [6.07, 6.45) is 4.09. The number of carbonyl (C=O) groups excluding carboxylic acids is 1. The van der Waals surface area contributed by atoms with Crippen molar-refractivity contribution in [3.63, 3.8) is 0 Å². The van der Waals surface area contributed by atoms with Gasteiger partial charge in [-0.05, 0) is 38.3 Å². The number of hydrogen-bond acceptors (Lipinski definition) is 4. The second-order valence-electron chi connectivity index (χ2n) is 6.21. The molecule has 1 saturated heterocycles. The Kier molecular flexibility index (Phi) is 6.62. The van der Waals surface area contributed by atoms with Gasteiger partial charge in [-0.15, -0.1) is 0 Å². The SMILES string of the molecule is Cc1ccc(N(CCCC(=O)NC[C@@H]2CCCO2)S(C)(=O)=O)cc1. The van der Waals surface area contributed by atoms with Gasteiger partial charge in [-0.3, -0.25) is 9.10 Å². The van der Waals surface area contributed by atoms with Crippen molar-refractivity contribution in [2.75, 3.05) is 30.3 Å². The molecule has 1 fully saturated rings. The van der Waals surface area contributed by atoms with Gasteiger partial charge in [0.05, 0.1) is 18.0 Å². The quantitative estimate of drug-likeness (QED) is 0.773. The molecule has 1 amide bonds. The third-order valence-corrected chi connectivity index (χ3v) is 5.23. The van der Waals surface area contributed by atoms with Crippen LogP contribution in [0.3, 0.4) is 0 Å². The van der Waals surface area contributed by atoms with Crippen molar-refractivity contribution in [3.05, 3.63) is 29.8 Å². The van der Waals surface area contributed by atoms with Crippen LogP contribution in [0.4, 0.5) is 5.69 Å². The fraction of sp³-hybridized carbons (Fsp3) is 0.588.